The summed E-state index contributed by atoms with van der Waals surface area (Å²) in [4.78, 5) is 16.1. The molecule has 7 heteroatoms. The van der Waals surface area contributed by atoms with Crippen LogP contribution >= 0.6 is 0 Å². The molecule has 1 heterocycles. The van der Waals surface area contributed by atoms with E-state index in [9.17, 15) is 9.90 Å². The van der Waals surface area contributed by atoms with E-state index in [0.29, 0.717) is 44.1 Å². The van der Waals surface area contributed by atoms with Gasteiger partial charge in [-0.3, -0.25) is 4.90 Å². The second kappa shape index (κ2) is 9.23. The topological polar surface area (TPSA) is 88.8 Å². The van der Waals surface area contributed by atoms with Crippen molar-refractivity contribution in [2.45, 2.75) is 13.0 Å². The maximum absolute atomic E-state index is 12.3. The molecule has 1 atom stereocenters. The minimum absolute atomic E-state index is 0.144. The highest BCUT2D eigenvalue weighted by Gasteiger charge is 2.22. The largest absolute Gasteiger partial charge is 0.389 e. The number of aliphatic hydroxyl groups excluding tert-OH is 1. The first-order chi connectivity index (χ1) is 11.6. The number of anilines is 1. The average Bonchev–Trinajstić information content (AvgIpc) is 2.61. The summed E-state index contributed by atoms with van der Waals surface area (Å²) in [6.07, 6.45) is -0.496. The van der Waals surface area contributed by atoms with Gasteiger partial charge in [-0.25, -0.2) is 4.79 Å². The third-order valence-electron chi connectivity index (χ3n) is 3.91. The fraction of sp³-hybridized carbons (Fsp3) is 0.529. The number of urea groups is 1. The van der Waals surface area contributed by atoms with Gasteiger partial charge in [-0.2, -0.15) is 5.26 Å². The Morgan fingerprint density at radius 3 is 2.58 bits per heavy atom. The molecule has 0 unspecified atom stereocenters. The second-order valence-corrected chi connectivity index (χ2v) is 5.72. The van der Waals surface area contributed by atoms with Crippen molar-refractivity contribution in [3.05, 3.63) is 29.8 Å². The van der Waals surface area contributed by atoms with Gasteiger partial charge in [-0.15, -0.1) is 0 Å². The summed E-state index contributed by atoms with van der Waals surface area (Å²) in [7, 11) is 0. The lowest BCUT2D eigenvalue weighted by atomic mass is 10.2. The molecule has 0 bridgehead atoms. The molecule has 0 aliphatic carbocycles. The lowest BCUT2D eigenvalue weighted by molar-refractivity contribution is 0.0139. The number of aliphatic hydroxyl groups is 1. The lowest BCUT2D eigenvalue weighted by Crippen LogP contribution is -2.51. The summed E-state index contributed by atoms with van der Waals surface area (Å²) in [5.41, 5.74) is 1.24. The van der Waals surface area contributed by atoms with E-state index in [2.05, 4.69) is 10.2 Å². The number of ether oxygens (including phenoxy) is 1. The first-order valence-electron chi connectivity index (χ1n) is 8.16. The number of hydrogen-bond donors (Lipinski definition) is 2. The van der Waals surface area contributed by atoms with E-state index in [0.717, 1.165) is 13.1 Å². The molecule has 1 aromatic carbocycles. The van der Waals surface area contributed by atoms with E-state index >= 15 is 0 Å². The Morgan fingerprint density at radius 2 is 2.00 bits per heavy atom. The van der Waals surface area contributed by atoms with E-state index in [1.54, 1.807) is 29.2 Å². The summed E-state index contributed by atoms with van der Waals surface area (Å²) in [6.45, 7) is 6.08. The van der Waals surface area contributed by atoms with Crippen molar-refractivity contribution in [3.63, 3.8) is 0 Å². The monoisotopic (exact) mass is 332 g/mol. The maximum Gasteiger partial charge on any atom is 0.321 e. The molecule has 1 aliphatic heterocycles. The molecule has 2 amide bonds. The number of benzene rings is 1. The highest BCUT2D eigenvalue weighted by Crippen LogP contribution is 2.11. The first kappa shape index (κ1) is 18.2. The van der Waals surface area contributed by atoms with Crippen molar-refractivity contribution in [1.29, 1.82) is 5.26 Å². The zero-order valence-electron chi connectivity index (χ0n) is 13.9. The summed E-state index contributed by atoms with van der Waals surface area (Å²) in [6, 6.07) is 8.69. The van der Waals surface area contributed by atoms with Gasteiger partial charge in [0.05, 0.1) is 24.3 Å². The van der Waals surface area contributed by atoms with E-state index < -0.39 is 6.10 Å². The quantitative estimate of drug-likeness (QED) is 0.814. The number of piperazine rings is 1. The van der Waals surface area contributed by atoms with Gasteiger partial charge in [0.1, 0.15) is 0 Å². The van der Waals surface area contributed by atoms with Crippen LogP contribution in [0.4, 0.5) is 10.5 Å². The van der Waals surface area contributed by atoms with Gasteiger partial charge >= 0.3 is 6.03 Å². The SMILES string of the molecule is CCOC[C@H](O)CN1CCN(C(=O)Nc2ccc(C#N)cc2)CC1. The molecule has 24 heavy (non-hydrogen) atoms. The molecule has 0 spiro atoms. The highest BCUT2D eigenvalue weighted by atomic mass is 16.5. The minimum atomic E-state index is -0.496. The molecule has 1 fully saturated rings. The van der Waals surface area contributed by atoms with E-state index in [-0.39, 0.29) is 6.03 Å². The third-order valence-corrected chi connectivity index (χ3v) is 3.91. The number of amides is 2. The van der Waals surface area contributed by atoms with Gasteiger partial charge in [0.25, 0.3) is 0 Å². The molecule has 2 N–H and O–H groups in total. The van der Waals surface area contributed by atoms with Crippen LogP contribution in [0.2, 0.25) is 0 Å². The normalized spacial score (nSPS) is 16.5. The number of carbonyl (C=O) groups is 1. The number of hydrogen-bond acceptors (Lipinski definition) is 5. The molecule has 0 radical (unpaired) electrons. The molecule has 1 aromatic rings. The van der Waals surface area contributed by atoms with Crippen LogP contribution in [0.25, 0.3) is 0 Å². The summed E-state index contributed by atoms with van der Waals surface area (Å²) in [5, 5.41) is 21.5. The van der Waals surface area contributed by atoms with Crippen molar-refractivity contribution in [2.24, 2.45) is 0 Å². The molecule has 1 aliphatic rings. The van der Waals surface area contributed by atoms with E-state index in [1.165, 1.54) is 0 Å². The first-order valence-corrected chi connectivity index (χ1v) is 8.16. The Bertz CT molecular complexity index is 562. The lowest BCUT2D eigenvalue weighted by Gasteiger charge is -2.35. The maximum atomic E-state index is 12.3. The van der Waals surface area contributed by atoms with Crippen LogP contribution in [0.15, 0.2) is 24.3 Å². The Balaban J connectivity index is 1.75. The second-order valence-electron chi connectivity index (χ2n) is 5.72. The van der Waals surface area contributed by atoms with Gasteiger partial charge in [-0.1, -0.05) is 0 Å². The molecular weight excluding hydrogens is 308 g/mol. The van der Waals surface area contributed by atoms with Crippen molar-refractivity contribution >= 4 is 11.7 Å². The Hall–Kier alpha value is -2.14. The highest BCUT2D eigenvalue weighted by molar-refractivity contribution is 5.89. The fourth-order valence-corrected chi connectivity index (χ4v) is 2.57. The van der Waals surface area contributed by atoms with E-state index in [1.807, 2.05) is 13.0 Å². The number of carbonyl (C=O) groups excluding carboxylic acids is 1. The van der Waals surface area contributed by atoms with Crippen LogP contribution in [0.5, 0.6) is 0 Å². The van der Waals surface area contributed by atoms with E-state index in [4.69, 9.17) is 10.00 Å². The summed E-state index contributed by atoms with van der Waals surface area (Å²) < 4.78 is 5.21. The minimum Gasteiger partial charge on any atom is -0.389 e. The van der Waals surface area contributed by atoms with Crippen LogP contribution in [0, 0.1) is 11.3 Å². The zero-order valence-corrected chi connectivity index (χ0v) is 13.9. The molecule has 0 saturated carbocycles. The molecule has 0 aromatic heterocycles. The van der Waals surface area contributed by atoms with Gasteiger partial charge < -0.3 is 20.1 Å². The smallest absolute Gasteiger partial charge is 0.321 e. The molecular formula is C17H24N4O3. The van der Waals surface area contributed by atoms with Crippen LogP contribution in [0.1, 0.15) is 12.5 Å². The molecule has 2 rings (SSSR count). The van der Waals surface area contributed by atoms with Gasteiger partial charge in [0, 0.05) is 45.0 Å². The number of nitriles is 1. The van der Waals surface area contributed by atoms with Crippen molar-refractivity contribution in [2.75, 3.05) is 51.3 Å². The summed E-state index contributed by atoms with van der Waals surface area (Å²) >= 11 is 0. The predicted octanol–water partition coefficient (Wildman–Crippen LogP) is 1.11. The van der Waals surface area contributed by atoms with Crippen LogP contribution < -0.4 is 5.32 Å². The average molecular weight is 332 g/mol. The van der Waals surface area contributed by atoms with Crippen LogP contribution in [-0.2, 0) is 4.74 Å². The van der Waals surface area contributed by atoms with Crippen LogP contribution in [-0.4, -0.2) is 73.0 Å². The fourth-order valence-electron chi connectivity index (χ4n) is 2.57. The van der Waals surface area contributed by atoms with Gasteiger partial charge in [0.2, 0.25) is 0 Å². The molecule has 130 valence electrons. The predicted molar refractivity (Wildman–Crippen MR) is 90.7 cm³/mol. The molecule has 1 saturated heterocycles. The Labute approximate surface area is 142 Å². The van der Waals surface area contributed by atoms with Gasteiger partial charge in [-0.05, 0) is 31.2 Å². The number of nitrogens with one attached hydrogen (secondary N) is 1. The standard InChI is InChI=1S/C17H24N4O3/c1-2-24-13-16(22)12-20-7-9-21(10-8-20)17(23)19-15-5-3-14(11-18)4-6-15/h3-6,16,22H,2,7-10,12-13H2,1H3,(H,19,23)/t16-/m1/s1. The van der Waals surface area contributed by atoms with Crippen molar-refractivity contribution in [1.82, 2.24) is 9.80 Å². The van der Waals surface area contributed by atoms with Gasteiger partial charge in [0.15, 0.2) is 0 Å². The van der Waals surface area contributed by atoms with Crippen molar-refractivity contribution < 1.29 is 14.6 Å². The third kappa shape index (κ3) is 5.49. The number of nitrogens with zero attached hydrogens (tertiary/aromatic N) is 3. The van der Waals surface area contributed by atoms with Crippen molar-refractivity contribution in [3.8, 4) is 6.07 Å². The number of rotatable bonds is 6. The zero-order chi connectivity index (χ0) is 17.4. The number of β-amino-alcohol motifs (C(OH)–C–C–N with tert-alkyl or cyclic N) is 1. The molecule has 7 nitrogen and oxygen atoms in total. The summed E-state index contributed by atoms with van der Waals surface area (Å²) in [5.74, 6) is 0. The Kier molecular flexibility index (Phi) is 7.00. The van der Waals surface area contributed by atoms with Crippen LogP contribution in [0.3, 0.4) is 0 Å². The Morgan fingerprint density at radius 1 is 1.33 bits per heavy atom.